The third-order valence-electron chi connectivity index (χ3n) is 6.62. The van der Waals surface area contributed by atoms with E-state index in [4.69, 9.17) is 15.6 Å². The fourth-order valence-corrected chi connectivity index (χ4v) is 4.88. The van der Waals surface area contributed by atoms with E-state index in [0.29, 0.717) is 12.2 Å². The molecule has 0 radical (unpaired) electrons. The molecule has 214 valence electrons. The molecular weight excluding hydrogens is 537 g/mol. The maximum Gasteiger partial charge on any atom is 0.490 e. The van der Waals surface area contributed by atoms with E-state index in [1.54, 1.807) is 4.57 Å². The van der Waals surface area contributed by atoms with Gasteiger partial charge in [-0.15, -0.1) is 0 Å². The second-order valence-corrected chi connectivity index (χ2v) is 9.38. The molecule has 3 aromatic heterocycles. The van der Waals surface area contributed by atoms with Crippen molar-refractivity contribution in [3.63, 3.8) is 0 Å². The third kappa shape index (κ3) is 5.90. The number of alkyl halides is 3. The van der Waals surface area contributed by atoms with E-state index < -0.39 is 12.1 Å². The lowest BCUT2D eigenvalue weighted by molar-refractivity contribution is -0.192. The number of unbranched alkanes of at least 4 members (excludes halogenated alkanes) is 1. The predicted molar refractivity (Wildman–Crippen MR) is 150 cm³/mol. The first kappa shape index (κ1) is 29.2. The van der Waals surface area contributed by atoms with Crippen LogP contribution in [-0.4, -0.2) is 42.5 Å². The number of aromatic nitrogens is 4. The quantitative estimate of drug-likeness (QED) is 0.216. The van der Waals surface area contributed by atoms with E-state index in [1.807, 2.05) is 42.6 Å². The van der Waals surface area contributed by atoms with Gasteiger partial charge < -0.3 is 20.0 Å². The number of rotatable bonds is 8. The van der Waals surface area contributed by atoms with E-state index in [1.165, 1.54) is 0 Å². The Bertz CT molecular complexity index is 1790. The molecule has 0 aliphatic heterocycles. The highest BCUT2D eigenvalue weighted by molar-refractivity contribution is 5.98. The van der Waals surface area contributed by atoms with Crippen molar-refractivity contribution in [3.05, 3.63) is 77.1 Å². The Morgan fingerprint density at radius 1 is 1.00 bits per heavy atom. The Balaban J connectivity index is 0.000000493. The molecule has 0 aliphatic carbocycles. The number of nitrogens with zero attached hydrogens (tertiary/aromatic N) is 4. The zero-order valence-corrected chi connectivity index (χ0v) is 22.3. The molecule has 12 heteroatoms. The molecule has 3 heterocycles. The molecular formula is C29H29F3N6O3. The van der Waals surface area contributed by atoms with Crippen LogP contribution in [0.25, 0.3) is 38.8 Å². The van der Waals surface area contributed by atoms with Crippen LogP contribution in [0, 0.1) is 11.3 Å². The van der Waals surface area contributed by atoms with Gasteiger partial charge in [0.1, 0.15) is 11.8 Å². The molecule has 0 bridgehead atoms. The number of H-pyrrole nitrogens is 1. The minimum absolute atomic E-state index is 0.266. The van der Waals surface area contributed by atoms with Gasteiger partial charge in [0.2, 0.25) is 0 Å². The average molecular weight is 567 g/mol. The number of benzene rings is 2. The van der Waals surface area contributed by atoms with Gasteiger partial charge in [0.25, 0.3) is 0 Å². The van der Waals surface area contributed by atoms with Crippen LogP contribution in [0.1, 0.15) is 31.9 Å². The van der Waals surface area contributed by atoms with E-state index in [-0.39, 0.29) is 11.4 Å². The number of carbonyl (C=O) groups is 1. The van der Waals surface area contributed by atoms with Crippen molar-refractivity contribution in [2.75, 3.05) is 6.54 Å². The molecule has 2 aromatic carbocycles. The number of fused-ring (bicyclic) bond motifs is 2. The van der Waals surface area contributed by atoms with Crippen molar-refractivity contribution in [3.8, 4) is 23.0 Å². The highest BCUT2D eigenvalue weighted by atomic mass is 19.4. The molecule has 4 N–H and O–H groups in total. The van der Waals surface area contributed by atoms with E-state index >= 15 is 0 Å². The summed E-state index contributed by atoms with van der Waals surface area (Å²) >= 11 is 0. The number of imidazole rings is 1. The Hall–Kier alpha value is -4.76. The number of carboxylic acids is 1. The predicted octanol–water partition coefficient (Wildman–Crippen LogP) is 5.40. The number of aromatic amines is 1. The van der Waals surface area contributed by atoms with Gasteiger partial charge in [0.15, 0.2) is 0 Å². The number of nitriles is 1. The molecule has 0 spiro atoms. The Kier molecular flexibility index (Phi) is 8.68. The van der Waals surface area contributed by atoms with Crippen LogP contribution in [0.5, 0.6) is 0 Å². The Morgan fingerprint density at radius 3 is 2.17 bits per heavy atom. The van der Waals surface area contributed by atoms with Gasteiger partial charge >= 0.3 is 17.8 Å². The summed E-state index contributed by atoms with van der Waals surface area (Å²) in [6, 6.07) is 18.4. The molecule has 0 atom stereocenters. The van der Waals surface area contributed by atoms with Crippen LogP contribution in [-0.2, 0) is 17.9 Å². The van der Waals surface area contributed by atoms with E-state index in [2.05, 4.69) is 45.4 Å². The molecule has 9 nitrogen and oxygen atoms in total. The lowest BCUT2D eigenvalue weighted by Crippen LogP contribution is -2.21. The molecule has 0 saturated carbocycles. The van der Waals surface area contributed by atoms with Crippen molar-refractivity contribution in [2.24, 2.45) is 5.73 Å². The normalized spacial score (nSPS) is 11.4. The summed E-state index contributed by atoms with van der Waals surface area (Å²) in [5, 5.41) is 19.1. The summed E-state index contributed by atoms with van der Waals surface area (Å²) in [6.45, 7) is 4.46. The van der Waals surface area contributed by atoms with Crippen LogP contribution in [0.4, 0.5) is 13.2 Å². The van der Waals surface area contributed by atoms with Crippen LogP contribution in [0.2, 0.25) is 0 Å². The number of para-hydroxylation sites is 2. The highest BCUT2D eigenvalue weighted by Gasteiger charge is 2.38. The van der Waals surface area contributed by atoms with Crippen molar-refractivity contribution >= 4 is 27.8 Å². The summed E-state index contributed by atoms with van der Waals surface area (Å²) < 4.78 is 37.8. The maximum absolute atomic E-state index is 13.3. The molecule has 0 fully saturated rings. The smallest absolute Gasteiger partial charge is 0.475 e. The number of nitrogens with one attached hydrogen (secondary N) is 1. The Morgan fingerprint density at radius 2 is 1.59 bits per heavy atom. The zero-order valence-electron chi connectivity index (χ0n) is 22.3. The van der Waals surface area contributed by atoms with Gasteiger partial charge in [0, 0.05) is 47.3 Å². The second kappa shape index (κ2) is 12.2. The summed E-state index contributed by atoms with van der Waals surface area (Å²) in [6.07, 6.45) is 1.88. The fraction of sp³-hybridized carbons (Fsp3) is 0.276. The first-order valence-corrected chi connectivity index (χ1v) is 13.0. The van der Waals surface area contributed by atoms with Gasteiger partial charge in [-0.2, -0.15) is 18.4 Å². The standard InChI is InChI=1S/C27H28N6O.C2HF3O2/c1-2-14-31-18-25(20-10-4-6-12-24(20)31)33-26(22(16-29)30-27(33)34)21-17-32(15-8-7-13-28)23-11-5-3-9-19(21)23;3-2(4,5)1(6)7/h3-6,9-12,17-18H,2,7-8,13-15,28H2,1H3,(H,30,34);(H,6,7). The molecule has 5 aromatic rings. The average Bonchev–Trinajstić information content (AvgIpc) is 3.60. The molecule has 0 unspecified atom stereocenters. The second-order valence-electron chi connectivity index (χ2n) is 9.38. The van der Waals surface area contributed by atoms with Gasteiger partial charge in [-0.25, -0.2) is 9.59 Å². The minimum Gasteiger partial charge on any atom is -0.475 e. The summed E-state index contributed by atoms with van der Waals surface area (Å²) in [5.41, 5.74) is 10.0. The molecule has 0 saturated heterocycles. The van der Waals surface area contributed by atoms with Crippen LogP contribution < -0.4 is 11.4 Å². The first-order chi connectivity index (χ1) is 19.6. The van der Waals surface area contributed by atoms with E-state index in [0.717, 1.165) is 65.4 Å². The molecule has 41 heavy (non-hydrogen) atoms. The van der Waals surface area contributed by atoms with Gasteiger partial charge in [0.05, 0.1) is 16.9 Å². The Labute approximate surface area is 232 Å². The third-order valence-corrected chi connectivity index (χ3v) is 6.62. The van der Waals surface area contributed by atoms with Crippen molar-refractivity contribution in [1.29, 1.82) is 5.26 Å². The van der Waals surface area contributed by atoms with Gasteiger partial charge in [-0.05, 0) is 37.9 Å². The monoisotopic (exact) mass is 566 g/mol. The number of nitrogens with two attached hydrogens (primary N) is 1. The molecule has 0 amide bonds. The van der Waals surface area contributed by atoms with Crippen molar-refractivity contribution < 1.29 is 23.1 Å². The number of hydrogen-bond donors (Lipinski definition) is 3. The zero-order chi connectivity index (χ0) is 29.7. The summed E-state index contributed by atoms with van der Waals surface area (Å²) in [7, 11) is 0. The fourth-order valence-electron chi connectivity index (χ4n) is 4.88. The van der Waals surface area contributed by atoms with E-state index in [9.17, 15) is 23.2 Å². The van der Waals surface area contributed by atoms with Crippen LogP contribution in [0.3, 0.4) is 0 Å². The SMILES string of the molecule is CCCn1cc(-n2c(-c3cn(CCCCN)c4ccccc34)c(C#N)[nH]c2=O)c2ccccc21.O=C(O)C(F)(F)F. The maximum atomic E-state index is 13.3. The van der Waals surface area contributed by atoms with Crippen molar-refractivity contribution in [1.82, 2.24) is 18.7 Å². The topological polar surface area (TPSA) is 135 Å². The van der Waals surface area contributed by atoms with Gasteiger partial charge in [-0.3, -0.25) is 9.55 Å². The number of halogens is 3. The van der Waals surface area contributed by atoms with Crippen molar-refractivity contribution in [2.45, 2.75) is 45.5 Å². The number of carboxylic acid groups (broad SMARTS) is 1. The highest BCUT2D eigenvalue weighted by Crippen LogP contribution is 2.35. The number of aryl methyl sites for hydroxylation is 2. The minimum atomic E-state index is -5.08. The largest absolute Gasteiger partial charge is 0.490 e. The summed E-state index contributed by atoms with van der Waals surface area (Å²) in [5.74, 6) is -2.76. The van der Waals surface area contributed by atoms with Crippen LogP contribution >= 0.6 is 0 Å². The summed E-state index contributed by atoms with van der Waals surface area (Å²) in [4.78, 5) is 25.0. The molecule has 5 rings (SSSR count). The lowest BCUT2D eigenvalue weighted by Gasteiger charge is -2.06. The first-order valence-electron chi connectivity index (χ1n) is 13.0. The lowest BCUT2D eigenvalue weighted by atomic mass is 10.1. The molecule has 0 aliphatic rings. The number of aliphatic carboxylic acids is 1. The van der Waals surface area contributed by atoms with Crippen LogP contribution in [0.15, 0.2) is 65.7 Å². The van der Waals surface area contributed by atoms with Gasteiger partial charge in [-0.1, -0.05) is 43.3 Å². The number of hydrogen-bond acceptors (Lipinski definition) is 4.